The Morgan fingerprint density at radius 3 is 1.40 bits per heavy atom. The van der Waals surface area contributed by atoms with E-state index in [-0.39, 0.29) is 0 Å². The normalized spacial score (nSPS) is 14.5. The standard InChI is InChI=1S/C55H52N2/c1-41-15-13-14-22-55(41)57(52-20-11-6-12-21-52)54-37-25-45(26-38-54)40-43(3)47-29-33-49(34-30-47)48-31-27-46(28-32-48)42(2)39-44-23-35-53(36-24-44)56(50-16-7-4-8-17-50)51-18-9-5-10-19-51/h4-20,22-38,42-43,52H,21,39-40H2,1-3H3. The molecule has 0 radical (unpaired) electrons. The van der Waals surface area contributed by atoms with Crippen LogP contribution in [0.15, 0.2) is 206 Å². The van der Waals surface area contributed by atoms with Crippen molar-refractivity contribution < 1.29 is 0 Å². The smallest absolute Gasteiger partial charge is 0.0559 e. The Labute approximate surface area is 340 Å². The van der Waals surface area contributed by atoms with Crippen molar-refractivity contribution in [3.63, 3.8) is 0 Å². The molecular formula is C55H52N2. The first-order chi connectivity index (χ1) is 28.0. The fourth-order valence-corrected chi connectivity index (χ4v) is 8.23. The molecule has 1 aliphatic rings. The number of benzene rings is 7. The molecule has 0 aliphatic heterocycles. The number of para-hydroxylation sites is 3. The second-order valence-electron chi connectivity index (χ2n) is 15.6. The summed E-state index contributed by atoms with van der Waals surface area (Å²) in [7, 11) is 0. The molecule has 0 saturated carbocycles. The first-order valence-electron chi connectivity index (χ1n) is 20.5. The number of aryl methyl sites for hydroxylation is 1. The maximum absolute atomic E-state index is 2.49. The second-order valence-corrected chi connectivity index (χ2v) is 15.6. The minimum Gasteiger partial charge on any atom is -0.334 e. The van der Waals surface area contributed by atoms with E-state index in [0.29, 0.717) is 17.9 Å². The lowest BCUT2D eigenvalue weighted by molar-refractivity contribution is 0.757. The van der Waals surface area contributed by atoms with E-state index in [1.165, 1.54) is 50.3 Å². The molecule has 0 N–H and O–H groups in total. The van der Waals surface area contributed by atoms with E-state index in [2.05, 4.69) is 237 Å². The molecular weight excluding hydrogens is 689 g/mol. The van der Waals surface area contributed by atoms with E-state index >= 15 is 0 Å². The van der Waals surface area contributed by atoms with Crippen LogP contribution in [0.25, 0.3) is 11.1 Å². The van der Waals surface area contributed by atoms with Gasteiger partial charge in [0.2, 0.25) is 0 Å². The van der Waals surface area contributed by atoms with Gasteiger partial charge < -0.3 is 9.80 Å². The Bertz CT molecular complexity index is 2350. The van der Waals surface area contributed by atoms with Gasteiger partial charge in [0.1, 0.15) is 0 Å². The van der Waals surface area contributed by atoms with Crippen LogP contribution < -0.4 is 9.80 Å². The van der Waals surface area contributed by atoms with Crippen LogP contribution in [0.3, 0.4) is 0 Å². The lowest BCUT2D eigenvalue weighted by atomic mass is 9.90. The molecule has 0 fully saturated rings. The van der Waals surface area contributed by atoms with Crippen LogP contribution >= 0.6 is 0 Å². The predicted octanol–water partition coefficient (Wildman–Crippen LogP) is 14.8. The van der Waals surface area contributed by atoms with Crippen molar-refractivity contribution in [2.24, 2.45) is 0 Å². The summed E-state index contributed by atoms with van der Waals surface area (Å²) in [6.45, 7) is 6.88. The number of hydrogen-bond donors (Lipinski definition) is 0. The number of nitrogens with zero attached hydrogens (tertiary/aromatic N) is 2. The molecule has 282 valence electrons. The first kappa shape index (κ1) is 37.5. The highest BCUT2D eigenvalue weighted by molar-refractivity contribution is 5.76. The summed E-state index contributed by atoms with van der Waals surface area (Å²) in [6.07, 6.45) is 11.9. The molecule has 3 unspecified atom stereocenters. The summed E-state index contributed by atoms with van der Waals surface area (Å²) in [6, 6.07) is 66.9. The van der Waals surface area contributed by atoms with Gasteiger partial charge in [-0.05, 0) is 132 Å². The van der Waals surface area contributed by atoms with Crippen molar-refractivity contribution in [3.8, 4) is 11.1 Å². The van der Waals surface area contributed by atoms with Gasteiger partial charge in [-0.1, -0.05) is 166 Å². The van der Waals surface area contributed by atoms with Crippen molar-refractivity contribution in [1.29, 1.82) is 0 Å². The highest BCUT2D eigenvalue weighted by Crippen LogP contribution is 2.36. The molecule has 8 rings (SSSR count). The molecule has 0 amide bonds. The molecule has 0 saturated heterocycles. The summed E-state index contributed by atoms with van der Waals surface area (Å²) in [5.74, 6) is 0.828. The van der Waals surface area contributed by atoms with Crippen LogP contribution in [0.1, 0.15) is 59.9 Å². The fraction of sp³-hybridized carbons (Fsp3) is 0.164. The first-order valence-corrected chi connectivity index (χ1v) is 20.5. The fourth-order valence-electron chi connectivity index (χ4n) is 8.23. The van der Waals surface area contributed by atoms with E-state index < -0.39 is 0 Å². The van der Waals surface area contributed by atoms with Crippen LogP contribution in [0, 0.1) is 6.92 Å². The summed E-state index contributed by atoms with van der Waals surface area (Å²) in [5.41, 5.74) is 15.2. The van der Waals surface area contributed by atoms with Gasteiger partial charge in [0, 0.05) is 28.4 Å². The van der Waals surface area contributed by atoms with Crippen LogP contribution in [0.5, 0.6) is 0 Å². The Kier molecular flexibility index (Phi) is 11.6. The Hall–Kier alpha value is -6.38. The largest absolute Gasteiger partial charge is 0.334 e. The van der Waals surface area contributed by atoms with E-state index in [1.807, 2.05) is 0 Å². The van der Waals surface area contributed by atoms with Gasteiger partial charge in [-0.25, -0.2) is 0 Å². The average Bonchev–Trinajstić information content (AvgIpc) is 3.27. The number of rotatable bonds is 13. The van der Waals surface area contributed by atoms with Gasteiger partial charge in [-0.2, -0.15) is 0 Å². The predicted molar refractivity (Wildman–Crippen MR) is 244 cm³/mol. The molecule has 3 atom stereocenters. The highest BCUT2D eigenvalue weighted by Gasteiger charge is 2.21. The summed E-state index contributed by atoms with van der Waals surface area (Å²) in [4.78, 5) is 4.80. The molecule has 57 heavy (non-hydrogen) atoms. The van der Waals surface area contributed by atoms with Gasteiger partial charge in [0.15, 0.2) is 0 Å². The number of hydrogen-bond acceptors (Lipinski definition) is 2. The molecule has 0 bridgehead atoms. The second kappa shape index (κ2) is 17.6. The highest BCUT2D eigenvalue weighted by atomic mass is 15.2. The molecule has 0 aromatic heterocycles. The maximum Gasteiger partial charge on any atom is 0.0559 e. The van der Waals surface area contributed by atoms with Crippen molar-refractivity contribution >= 4 is 28.4 Å². The lowest BCUT2D eigenvalue weighted by Crippen LogP contribution is -2.30. The van der Waals surface area contributed by atoms with Gasteiger partial charge in [-0.3, -0.25) is 0 Å². The molecule has 2 nitrogen and oxygen atoms in total. The van der Waals surface area contributed by atoms with Crippen LogP contribution in [-0.2, 0) is 12.8 Å². The zero-order valence-electron chi connectivity index (χ0n) is 33.4. The van der Waals surface area contributed by atoms with Crippen molar-refractivity contribution in [3.05, 3.63) is 234 Å². The molecule has 7 aromatic rings. The van der Waals surface area contributed by atoms with Gasteiger partial charge >= 0.3 is 0 Å². The van der Waals surface area contributed by atoms with Crippen molar-refractivity contribution in [1.82, 2.24) is 0 Å². The third kappa shape index (κ3) is 8.87. The Morgan fingerprint density at radius 2 is 0.930 bits per heavy atom. The minimum absolute atomic E-state index is 0.306. The van der Waals surface area contributed by atoms with E-state index in [9.17, 15) is 0 Å². The summed E-state index contributed by atoms with van der Waals surface area (Å²) >= 11 is 0. The van der Waals surface area contributed by atoms with Gasteiger partial charge in [0.05, 0.1) is 6.04 Å². The van der Waals surface area contributed by atoms with E-state index in [1.54, 1.807) is 0 Å². The maximum atomic E-state index is 2.49. The monoisotopic (exact) mass is 740 g/mol. The zero-order valence-corrected chi connectivity index (χ0v) is 33.4. The molecule has 7 aromatic carbocycles. The number of allylic oxidation sites excluding steroid dienone is 2. The van der Waals surface area contributed by atoms with Crippen LogP contribution in [0.2, 0.25) is 0 Å². The van der Waals surface area contributed by atoms with Gasteiger partial charge in [0.25, 0.3) is 0 Å². The molecule has 0 spiro atoms. The van der Waals surface area contributed by atoms with Crippen LogP contribution in [0.4, 0.5) is 28.4 Å². The summed E-state index contributed by atoms with van der Waals surface area (Å²) < 4.78 is 0. The van der Waals surface area contributed by atoms with Crippen LogP contribution in [-0.4, -0.2) is 6.04 Å². The zero-order chi connectivity index (χ0) is 39.0. The molecule has 2 heteroatoms. The average molecular weight is 741 g/mol. The summed E-state index contributed by atoms with van der Waals surface area (Å²) in [5, 5.41) is 0. The van der Waals surface area contributed by atoms with Crippen molar-refractivity contribution in [2.45, 2.75) is 57.9 Å². The van der Waals surface area contributed by atoms with Crippen molar-refractivity contribution in [2.75, 3.05) is 9.80 Å². The molecule has 1 aliphatic carbocycles. The minimum atomic E-state index is 0.306. The SMILES string of the molecule is Cc1ccccc1N(c1ccc(CC(C)c2ccc(-c3ccc(C(C)Cc4ccc(N(c5ccccc5)c5ccccc5)cc4)cc3)cc2)cc1)C1C=CC=CC1. The number of anilines is 5. The quantitative estimate of drug-likeness (QED) is 0.116. The molecule has 0 heterocycles. The van der Waals surface area contributed by atoms with E-state index in [0.717, 1.165) is 36.3 Å². The Balaban J connectivity index is 0.889. The Morgan fingerprint density at radius 1 is 0.474 bits per heavy atom. The van der Waals surface area contributed by atoms with E-state index in [4.69, 9.17) is 0 Å². The third-order valence-corrected chi connectivity index (χ3v) is 11.5. The third-order valence-electron chi connectivity index (χ3n) is 11.5. The topological polar surface area (TPSA) is 6.48 Å². The lowest BCUT2D eigenvalue weighted by Gasteiger charge is -2.33. The van der Waals surface area contributed by atoms with Gasteiger partial charge in [-0.15, -0.1) is 0 Å².